The molecule has 2 aliphatic heterocycles. The summed E-state index contributed by atoms with van der Waals surface area (Å²) < 4.78 is 11.6. The average molecular weight is 394 g/mol. The third-order valence-corrected chi connectivity index (χ3v) is 9.12. The van der Waals surface area contributed by atoms with Crippen molar-refractivity contribution < 1.29 is 34.7 Å². The normalized spacial score (nSPS) is 59.2. The summed E-state index contributed by atoms with van der Waals surface area (Å²) in [5, 5.41) is 45.9. The topological polar surface area (TPSA) is 116 Å². The van der Waals surface area contributed by atoms with Crippen LogP contribution in [0.5, 0.6) is 0 Å². The Hall–Kier alpha value is -0.830. The molecule has 2 heterocycles. The van der Waals surface area contributed by atoms with Crippen LogP contribution in [0.1, 0.15) is 39.5 Å². The summed E-state index contributed by atoms with van der Waals surface area (Å²) in [7, 11) is 1.45. The summed E-state index contributed by atoms with van der Waals surface area (Å²) in [6, 6.07) is 0. The molecule has 0 aromatic rings. The zero-order chi connectivity index (χ0) is 20.4. The van der Waals surface area contributed by atoms with Crippen molar-refractivity contribution in [3.05, 3.63) is 12.2 Å². The Balaban J connectivity index is 1.85. The monoisotopic (exact) mass is 394 g/mol. The van der Waals surface area contributed by atoms with Crippen molar-refractivity contribution in [3.8, 4) is 0 Å². The van der Waals surface area contributed by atoms with Gasteiger partial charge in [-0.2, -0.15) is 0 Å². The molecule has 7 nitrogen and oxygen atoms in total. The van der Waals surface area contributed by atoms with E-state index in [9.17, 15) is 25.2 Å². The minimum atomic E-state index is -2.30. The Morgan fingerprint density at radius 1 is 1.14 bits per heavy atom. The highest BCUT2D eigenvalue weighted by molar-refractivity contribution is 6.05. The lowest BCUT2D eigenvalue weighted by Gasteiger charge is -2.76. The molecule has 4 bridgehead atoms. The highest BCUT2D eigenvalue weighted by atomic mass is 16.8. The van der Waals surface area contributed by atoms with E-state index < -0.39 is 70.2 Å². The molecule has 2 saturated heterocycles. The predicted octanol–water partition coefficient (Wildman–Crippen LogP) is 0.348. The first-order valence-corrected chi connectivity index (χ1v) is 10.2. The Morgan fingerprint density at radius 3 is 2.46 bits per heavy atom. The van der Waals surface area contributed by atoms with Gasteiger partial charge in [0.15, 0.2) is 12.1 Å². The van der Waals surface area contributed by atoms with E-state index in [-0.39, 0.29) is 5.57 Å². The van der Waals surface area contributed by atoms with Crippen LogP contribution in [-0.4, -0.2) is 63.7 Å². The van der Waals surface area contributed by atoms with Crippen LogP contribution in [0.2, 0.25) is 0 Å². The largest absolute Gasteiger partial charge is 0.392 e. The fourth-order valence-electron chi connectivity index (χ4n) is 8.19. The number of hydrogen-bond acceptors (Lipinski definition) is 7. The van der Waals surface area contributed by atoms with Gasteiger partial charge in [-0.1, -0.05) is 20.4 Å². The highest BCUT2D eigenvalue weighted by Gasteiger charge is 2.89. The smallest absolute Gasteiger partial charge is 0.211 e. The van der Waals surface area contributed by atoms with E-state index in [1.54, 1.807) is 0 Å². The van der Waals surface area contributed by atoms with Crippen molar-refractivity contribution in [3.63, 3.8) is 0 Å². The molecule has 0 aromatic heterocycles. The first-order valence-electron chi connectivity index (χ1n) is 10.2. The van der Waals surface area contributed by atoms with Crippen LogP contribution >= 0.6 is 0 Å². The van der Waals surface area contributed by atoms with E-state index >= 15 is 0 Å². The Morgan fingerprint density at radius 2 is 1.82 bits per heavy atom. The average Bonchev–Trinajstić information content (AvgIpc) is 2.75. The molecule has 28 heavy (non-hydrogen) atoms. The van der Waals surface area contributed by atoms with Crippen molar-refractivity contribution in [1.82, 2.24) is 0 Å². The highest BCUT2D eigenvalue weighted by Crippen LogP contribution is 2.77. The van der Waals surface area contributed by atoms with Crippen LogP contribution in [0.3, 0.4) is 0 Å². The van der Waals surface area contributed by atoms with E-state index in [0.29, 0.717) is 25.7 Å². The molecular weight excluding hydrogens is 364 g/mol. The maximum absolute atomic E-state index is 13.5. The van der Waals surface area contributed by atoms with Crippen molar-refractivity contribution >= 4 is 5.78 Å². The molecule has 0 unspecified atom stereocenters. The molecule has 0 amide bonds. The minimum Gasteiger partial charge on any atom is -0.392 e. The molecule has 2 spiro atoms. The maximum atomic E-state index is 13.5. The fourth-order valence-corrected chi connectivity index (χ4v) is 8.19. The number of ether oxygens (including phenoxy) is 2. The van der Waals surface area contributed by atoms with Crippen molar-refractivity contribution in [2.75, 3.05) is 7.11 Å². The number of aliphatic hydroxyl groups excluding tert-OH is 3. The molecule has 10 atom stereocenters. The molecule has 4 saturated carbocycles. The summed E-state index contributed by atoms with van der Waals surface area (Å²) >= 11 is 0. The van der Waals surface area contributed by atoms with Gasteiger partial charge in [0.2, 0.25) is 5.79 Å². The number of carbonyl (C=O) groups excluding carboxylic acids is 1. The molecule has 0 aromatic carbocycles. The number of carbonyl (C=O) groups is 1. The van der Waals surface area contributed by atoms with Gasteiger partial charge in [0, 0.05) is 18.9 Å². The number of rotatable bonds is 1. The van der Waals surface area contributed by atoms with Crippen LogP contribution in [0.15, 0.2) is 12.2 Å². The Kier molecular flexibility index (Phi) is 3.59. The molecular formula is C21H30O7. The van der Waals surface area contributed by atoms with E-state index in [1.165, 1.54) is 7.11 Å². The van der Waals surface area contributed by atoms with E-state index in [2.05, 4.69) is 6.58 Å². The number of fused-ring (bicyclic) bond motifs is 2. The SMILES string of the molecule is C=C1C(=O)[C@@]23[C@H](O)[C@H]1CC[C@H]2[C@@]12[C@@H](OC)O[C@]3(O)[C@@H](O)[C@@H]1C(C)(C)CC[C@@H]2O. The second-order valence-corrected chi connectivity index (χ2v) is 10.3. The van der Waals surface area contributed by atoms with Gasteiger partial charge in [0.25, 0.3) is 0 Å². The lowest BCUT2D eigenvalue weighted by Crippen LogP contribution is -2.87. The number of ketones is 1. The van der Waals surface area contributed by atoms with Gasteiger partial charge >= 0.3 is 0 Å². The summed E-state index contributed by atoms with van der Waals surface area (Å²) in [5.74, 6) is -4.34. The number of methoxy groups -OCH3 is 1. The van der Waals surface area contributed by atoms with Crippen LogP contribution in [0.25, 0.3) is 0 Å². The van der Waals surface area contributed by atoms with Gasteiger partial charge in [-0.05, 0) is 42.6 Å². The summed E-state index contributed by atoms with van der Waals surface area (Å²) in [4.78, 5) is 13.5. The molecule has 0 radical (unpaired) electrons. The Labute approximate surface area is 164 Å². The standard InChI is InChI=1S/C21H30O7/c1-9-10-5-6-11-19-12(22)7-8-18(2,3)13(19)16(25)21(26,28-17(19)27-4)20(11,14(9)23)15(10)24/h10-13,15-17,22,24-26H,1,5-8H2,2-4H3/t10-,11-,12-,13+,15+,16-,17-,19-,20+,21+/m0/s1. The molecule has 156 valence electrons. The summed E-state index contributed by atoms with van der Waals surface area (Å²) in [5.41, 5.74) is -2.98. The lowest BCUT2D eigenvalue weighted by molar-refractivity contribution is -0.509. The number of Topliss-reactive ketones (excluding diaryl/α,β-unsaturated/α-hetero) is 1. The summed E-state index contributed by atoms with van der Waals surface area (Å²) in [6.45, 7) is 7.91. The third kappa shape index (κ3) is 1.59. The molecule has 4 aliphatic carbocycles. The van der Waals surface area contributed by atoms with Gasteiger partial charge in [0.05, 0.1) is 17.6 Å². The van der Waals surface area contributed by atoms with Gasteiger partial charge in [0.1, 0.15) is 11.5 Å². The second kappa shape index (κ2) is 5.25. The quantitative estimate of drug-likeness (QED) is 0.474. The lowest BCUT2D eigenvalue weighted by atomic mass is 9.35. The van der Waals surface area contributed by atoms with Crippen LogP contribution < -0.4 is 0 Å². The second-order valence-electron chi connectivity index (χ2n) is 10.3. The summed E-state index contributed by atoms with van der Waals surface area (Å²) in [6.07, 6.45) is -2.32. The molecule has 6 aliphatic rings. The zero-order valence-electron chi connectivity index (χ0n) is 16.6. The van der Waals surface area contributed by atoms with E-state index in [0.717, 1.165) is 0 Å². The number of hydrogen-bond donors (Lipinski definition) is 4. The molecule has 6 rings (SSSR count). The molecule has 7 heteroatoms. The van der Waals surface area contributed by atoms with Crippen molar-refractivity contribution in [1.29, 1.82) is 0 Å². The van der Waals surface area contributed by atoms with Crippen molar-refractivity contribution in [2.45, 2.75) is 69.9 Å². The fraction of sp³-hybridized carbons (Fsp3) is 0.857. The molecule has 4 N–H and O–H groups in total. The predicted molar refractivity (Wildman–Crippen MR) is 96.6 cm³/mol. The Bertz CT molecular complexity index is 764. The van der Waals surface area contributed by atoms with E-state index in [4.69, 9.17) is 9.47 Å². The van der Waals surface area contributed by atoms with Gasteiger partial charge in [-0.3, -0.25) is 4.79 Å². The van der Waals surface area contributed by atoms with E-state index in [1.807, 2.05) is 13.8 Å². The first-order chi connectivity index (χ1) is 13.0. The van der Waals surface area contributed by atoms with Crippen molar-refractivity contribution in [2.24, 2.45) is 34.0 Å². The van der Waals surface area contributed by atoms with Gasteiger partial charge in [-0.15, -0.1) is 0 Å². The van der Waals surface area contributed by atoms with Crippen LogP contribution in [0, 0.1) is 34.0 Å². The van der Waals surface area contributed by atoms with Crippen LogP contribution in [-0.2, 0) is 14.3 Å². The van der Waals surface area contributed by atoms with Gasteiger partial charge < -0.3 is 29.9 Å². The molecule has 6 fully saturated rings. The zero-order valence-corrected chi connectivity index (χ0v) is 16.6. The van der Waals surface area contributed by atoms with Crippen LogP contribution in [0.4, 0.5) is 0 Å². The first kappa shape index (κ1) is 19.2. The number of aliphatic hydroxyl groups is 4. The maximum Gasteiger partial charge on any atom is 0.211 e. The minimum absolute atomic E-state index is 0.276. The third-order valence-electron chi connectivity index (χ3n) is 9.12. The van der Waals surface area contributed by atoms with Gasteiger partial charge in [-0.25, -0.2) is 0 Å².